The zero-order valence-electron chi connectivity index (χ0n) is 12.3. The van der Waals surface area contributed by atoms with Crippen molar-refractivity contribution in [2.24, 2.45) is 0 Å². The van der Waals surface area contributed by atoms with Gasteiger partial charge < -0.3 is 9.84 Å². The molecule has 0 spiro atoms. The number of aromatic nitrogens is 2. The van der Waals surface area contributed by atoms with E-state index < -0.39 is 5.60 Å². The number of hydrogen-bond donors (Lipinski definition) is 1. The summed E-state index contributed by atoms with van der Waals surface area (Å²) in [6.45, 7) is 4.69. The van der Waals surface area contributed by atoms with E-state index in [0.29, 0.717) is 25.1 Å². The smallest absolute Gasteiger partial charge is 0.162 e. The predicted molar refractivity (Wildman–Crippen MR) is 78.8 cm³/mol. The van der Waals surface area contributed by atoms with Crippen LogP contribution >= 0.6 is 0 Å². The van der Waals surface area contributed by atoms with Crippen molar-refractivity contribution in [1.82, 2.24) is 9.78 Å². The van der Waals surface area contributed by atoms with E-state index in [-0.39, 0.29) is 0 Å². The third-order valence-corrected chi connectivity index (χ3v) is 3.69. The van der Waals surface area contributed by atoms with E-state index in [1.807, 2.05) is 48.9 Å². The largest absolute Gasteiger partial charge is 0.493 e. The molecule has 0 bridgehead atoms. The minimum absolute atomic E-state index is 0.548. The molecule has 0 aliphatic carbocycles. The van der Waals surface area contributed by atoms with Crippen molar-refractivity contribution in [1.29, 1.82) is 0 Å². The molecule has 0 aliphatic rings. The normalized spacial score (nSPS) is 14.0. The Balaban J connectivity index is 2.42. The van der Waals surface area contributed by atoms with Gasteiger partial charge in [0.1, 0.15) is 11.3 Å². The maximum atomic E-state index is 11.1. The van der Waals surface area contributed by atoms with Gasteiger partial charge >= 0.3 is 0 Å². The van der Waals surface area contributed by atoms with E-state index >= 15 is 0 Å². The Morgan fingerprint density at radius 3 is 2.50 bits per heavy atom. The van der Waals surface area contributed by atoms with Gasteiger partial charge in [-0.3, -0.25) is 4.68 Å². The second-order valence-electron chi connectivity index (χ2n) is 4.92. The van der Waals surface area contributed by atoms with Crippen molar-refractivity contribution in [3.8, 4) is 5.75 Å². The average Bonchev–Trinajstić information content (AvgIpc) is 2.92. The van der Waals surface area contributed by atoms with Crippen molar-refractivity contribution < 1.29 is 9.84 Å². The van der Waals surface area contributed by atoms with Crippen molar-refractivity contribution >= 4 is 0 Å². The molecule has 1 aromatic heterocycles. The van der Waals surface area contributed by atoms with Gasteiger partial charge in [-0.25, -0.2) is 0 Å². The summed E-state index contributed by atoms with van der Waals surface area (Å²) >= 11 is 0. The van der Waals surface area contributed by atoms with Crippen molar-refractivity contribution in [2.75, 3.05) is 7.11 Å². The third-order valence-electron chi connectivity index (χ3n) is 3.69. The molecule has 0 saturated heterocycles. The lowest BCUT2D eigenvalue weighted by Gasteiger charge is -2.28. The molecule has 4 nitrogen and oxygen atoms in total. The van der Waals surface area contributed by atoms with Crippen molar-refractivity contribution in [3.63, 3.8) is 0 Å². The molecule has 2 aromatic rings. The van der Waals surface area contributed by atoms with E-state index in [0.717, 1.165) is 11.3 Å². The minimum Gasteiger partial charge on any atom is -0.493 e. The van der Waals surface area contributed by atoms with E-state index in [9.17, 15) is 5.11 Å². The van der Waals surface area contributed by atoms with Crippen LogP contribution in [0.4, 0.5) is 0 Å². The lowest BCUT2D eigenvalue weighted by atomic mass is 9.88. The number of methoxy groups -OCH3 is 1. The van der Waals surface area contributed by atoms with E-state index in [4.69, 9.17) is 4.74 Å². The molecule has 0 aliphatic heterocycles. The molecule has 108 valence electrons. The molecule has 1 N–H and O–H groups in total. The molecule has 0 radical (unpaired) electrons. The minimum atomic E-state index is -0.973. The van der Waals surface area contributed by atoms with Crippen LogP contribution in [-0.2, 0) is 18.6 Å². The van der Waals surface area contributed by atoms with Gasteiger partial charge in [0.2, 0.25) is 0 Å². The highest BCUT2D eigenvalue weighted by Gasteiger charge is 2.34. The van der Waals surface area contributed by atoms with Crippen LogP contribution in [0.2, 0.25) is 0 Å². The third kappa shape index (κ3) is 2.70. The zero-order chi connectivity index (χ0) is 14.6. The SMILES string of the molecule is CCn1ncc(OC)c1C(O)(CC)Cc1ccccc1. The van der Waals surface area contributed by atoms with Crippen LogP contribution in [0.5, 0.6) is 5.75 Å². The summed E-state index contributed by atoms with van der Waals surface area (Å²) in [5.41, 5.74) is 0.885. The molecule has 20 heavy (non-hydrogen) atoms. The molecule has 0 saturated carbocycles. The summed E-state index contributed by atoms with van der Waals surface area (Å²) in [5, 5.41) is 15.4. The standard InChI is InChI=1S/C16H22N2O2/c1-4-16(19,11-13-9-7-6-8-10-13)15-14(20-3)12-17-18(15)5-2/h6-10,12,19H,4-5,11H2,1-3H3. The molecule has 1 heterocycles. The van der Waals surface area contributed by atoms with Gasteiger partial charge in [-0.05, 0) is 18.9 Å². The van der Waals surface area contributed by atoms with Crippen LogP contribution in [-0.4, -0.2) is 22.0 Å². The number of ether oxygens (including phenoxy) is 1. The van der Waals surface area contributed by atoms with Crippen LogP contribution in [0, 0.1) is 0 Å². The number of aliphatic hydroxyl groups is 1. The first-order valence-electron chi connectivity index (χ1n) is 7.01. The number of rotatable bonds is 6. The first-order valence-corrected chi connectivity index (χ1v) is 7.01. The molecule has 1 atom stereocenters. The fourth-order valence-corrected chi connectivity index (χ4v) is 2.54. The summed E-state index contributed by atoms with van der Waals surface area (Å²) < 4.78 is 7.18. The monoisotopic (exact) mass is 274 g/mol. The van der Waals surface area contributed by atoms with Crippen LogP contribution in [0.25, 0.3) is 0 Å². The maximum absolute atomic E-state index is 11.1. The Kier molecular flexibility index (Phi) is 4.45. The molecule has 0 amide bonds. The molecule has 1 aromatic carbocycles. The van der Waals surface area contributed by atoms with Gasteiger partial charge in [0.25, 0.3) is 0 Å². The predicted octanol–water partition coefficient (Wildman–Crippen LogP) is 2.75. The Hall–Kier alpha value is -1.81. The van der Waals surface area contributed by atoms with Gasteiger partial charge in [0, 0.05) is 13.0 Å². The first-order chi connectivity index (χ1) is 9.64. The first kappa shape index (κ1) is 14.6. The van der Waals surface area contributed by atoms with Crippen LogP contribution in [0.15, 0.2) is 36.5 Å². The van der Waals surface area contributed by atoms with Gasteiger partial charge in [-0.2, -0.15) is 5.10 Å². The Morgan fingerprint density at radius 2 is 1.95 bits per heavy atom. The fraction of sp³-hybridized carbons (Fsp3) is 0.438. The van der Waals surface area contributed by atoms with Gasteiger partial charge in [-0.15, -0.1) is 0 Å². The molecule has 0 fully saturated rings. The molecule has 2 rings (SSSR count). The molecule has 4 heteroatoms. The quantitative estimate of drug-likeness (QED) is 0.881. The van der Waals surface area contributed by atoms with Gasteiger partial charge in [0.15, 0.2) is 5.75 Å². The lowest BCUT2D eigenvalue weighted by Crippen LogP contribution is -2.31. The van der Waals surface area contributed by atoms with Gasteiger partial charge in [0.05, 0.1) is 13.3 Å². The lowest BCUT2D eigenvalue weighted by molar-refractivity contribution is 0.0213. The average molecular weight is 274 g/mol. The Morgan fingerprint density at radius 1 is 1.25 bits per heavy atom. The molecule has 1 unspecified atom stereocenters. The number of hydrogen-bond acceptors (Lipinski definition) is 3. The summed E-state index contributed by atoms with van der Waals surface area (Å²) in [6, 6.07) is 10.0. The van der Waals surface area contributed by atoms with Crippen molar-refractivity contribution in [3.05, 3.63) is 47.8 Å². The highest BCUT2D eigenvalue weighted by molar-refractivity contribution is 5.33. The number of nitrogens with zero attached hydrogens (tertiary/aromatic N) is 2. The fourth-order valence-electron chi connectivity index (χ4n) is 2.54. The van der Waals surface area contributed by atoms with Crippen molar-refractivity contribution in [2.45, 2.75) is 38.8 Å². The second-order valence-corrected chi connectivity index (χ2v) is 4.92. The second kappa shape index (κ2) is 6.09. The Bertz CT molecular complexity index is 529. The maximum Gasteiger partial charge on any atom is 0.162 e. The van der Waals surface area contributed by atoms with Crippen LogP contribution in [0.3, 0.4) is 0 Å². The Labute approximate surface area is 120 Å². The topological polar surface area (TPSA) is 47.3 Å². The number of benzene rings is 1. The van der Waals surface area contributed by atoms with Crippen LogP contribution in [0.1, 0.15) is 31.5 Å². The molecular formula is C16H22N2O2. The molecular weight excluding hydrogens is 252 g/mol. The van der Waals surface area contributed by atoms with E-state index in [2.05, 4.69) is 5.10 Å². The van der Waals surface area contributed by atoms with Gasteiger partial charge in [-0.1, -0.05) is 37.3 Å². The highest BCUT2D eigenvalue weighted by atomic mass is 16.5. The summed E-state index contributed by atoms with van der Waals surface area (Å²) in [5.74, 6) is 0.645. The van der Waals surface area contributed by atoms with Crippen LogP contribution < -0.4 is 4.74 Å². The summed E-state index contributed by atoms with van der Waals surface area (Å²) in [4.78, 5) is 0. The number of aryl methyl sites for hydroxylation is 1. The summed E-state index contributed by atoms with van der Waals surface area (Å²) in [6.07, 6.45) is 2.82. The highest BCUT2D eigenvalue weighted by Crippen LogP contribution is 2.35. The van der Waals surface area contributed by atoms with E-state index in [1.54, 1.807) is 13.3 Å². The van der Waals surface area contributed by atoms with E-state index in [1.165, 1.54) is 0 Å². The summed E-state index contributed by atoms with van der Waals surface area (Å²) in [7, 11) is 1.61. The zero-order valence-corrected chi connectivity index (χ0v) is 12.3.